The summed E-state index contributed by atoms with van der Waals surface area (Å²) >= 11 is 0. The van der Waals surface area contributed by atoms with E-state index in [1.165, 1.54) is 18.5 Å². The van der Waals surface area contributed by atoms with E-state index in [0.717, 1.165) is 39.0 Å². The Morgan fingerprint density at radius 1 is 1.25 bits per heavy atom. The van der Waals surface area contributed by atoms with Crippen molar-refractivity contribution in [2.45, 2.75) is 38.5 Å². The van der Waals surface area contributed by atoms with Crippen molar-refractivity contribution in [2.24, 2.45) is 11.1 Å². The zero-order valence-corrected chi connectivity index (χ0v) is 14.9. The van der Waals surface area contributed by atoms with Crippen LogP contribution in [0.3, 0.4) is 0 Å². The van der Waals surface area contributed by atoms with E-state index >= 15 is 0 Å². The molecule has 0 aliphatic carbocycles. The molecule has 0 saturated carbocycles. The second-order valence-corrected chi connectivity index (χ2v) is 7.56. The first-order chi connectivity index (χ1) is 11.7. The summed E-state index contributed by atoms with van der Waals surface area (Å²) in [7, 11) is 0. The quantitative estimate of drug-likeness (QED) is 0.923. The zero-order valence-electron chi connectivity index (χ0n) is 14.9. The highest BCUT2D eigenvalue weighted by molar-refractivity contribution is 5.76. The predicted octanol–water partition coefficient (Wildman–Crippen LogP) is 2.45. The molecule has 2 fully saturated rings. The van der Waals surface area contributed by atoms with Crippen molar-refractivity contribution in [3.8, 4) is 0 Å². The van der Waals surface area contributed by atoms with Gasteiger partial charge in [0.1, 0.15) is 0 Å². The summed E-state index contributed by atoms with van der Waals surface area (Å²) < 4.78 is 0. The van der Waals surface area contributed by atoms with E-state index in [1.807, 2.05) is 4.90 Å². The Morgan fingerprint density at radius 2 is 1.96 bits per heavy atom. The van der Waals surface area contributed by atoms with Gasteiger partial charge in [-0.2, -0.15) is 0 Å². The Bertz CT molecular complexity index is 537. The molecule has 3 rings (SSSR count). The molecule has 1 aromatic rings. The fourth-order valence-corrected chi connectivity index (χ4v) is 4.57. The molecule has 2 heterocycles. The average molecular weight is 329 g/mol. The number of benzene rings is 1. The molecule has 24 heavy (non-hydrogen) atoms. The summed E-state index contributed by atoms with van der Waals surface area (Å²) in [6, 6.07) is 11.0. The van der Waals surface area contributed by atoms with Crippen molar-refractivity contribution in [3.05, 3.63) is 35.9 Å². The van der Waals surface area contributed by atoms with Gasteiger partial charge in [0.15, 0.2) is 0 Å². The predicted molar refractivity (Wildman–Crippen MR) is 97.8 cm³/mol. The number of carbonyl (C=O) groups is 1. The molecule has 0 bridgehead atoms. The zero-order chi connectivity index (χ0) is 17.0. The van der Waals surface area contributed by atoms with E-state index in [9.17, 15) is 4.79 Å². The van der Waals surface area contributed by atoms with Crippen LogP contribution in [-0.4, -0.2) is 55.0 Å². The molecule has 1 amide bonds. The van der Waals surface area contributed by atoms with Crippen LogP contribution in [0.5, 0.6) is 0 Å². The molecule has 0 aromatic heterocycles. The van der Waals surface area contributed by atoms with Gasteiger partial charge in [0.2, 0.25) is 5.91 Å². The lowest BCUT2D eigenvalue weighted by molar-refractivity contribution is -0.134. The van der Waals surface area contributed by atoms with Crippen LogP contribution in [0, 0.1) is 5.41 Å². The summed E-state index contributed by atoms with van der Waals surface area (Å²) in [4.78, 5) is 16.7. The van der Waals surface area contributed by atoms with Crippen LogP contribution >= 0.6 is 0 Å². The number of piperidine rings is 2. The summed E-state index contributed by atoms with van der Waals surface area (Å²) in [6.45, 7) is 7.99. The van der Waals surface area contributed by atoms with Gasteiger partial charge in [-0.15, -0.1) is 0 Å². The van der Waals surface area contributed by atoms with Gasteiger partial charge in [0.25, 0.3) is 0 Å². The van der Waals surface area contributed by atoms with E-state index in [4.69, 9.17) is 5.73 Å². The average Bonchev–Trinajstić information content (AvgIpc) is 2.63. The summed E-state index contributed by atoms with van der Waals surface area (Å²) in [5, 5.41) is 0. The molecular weight excluding hydrogens is 298 g/mol. The second-order valence-electron chi connectivity index (χ2n) is 7.56. The minimum absolute atomic E-state index is 0.232. The van der Waals surface area contributed by atoms with E-state index in [2.05, 4.69) is 42.2 Å². The molecule has 2 saturated heterocycles. The topological polar surface area (TPSA) is 49.6 Å². The van der Waals surface area contributed by atoms with Crippen molar-refractivity contribution >= 4 is 5.91 Å². The first-order valence-corrected chi connectivity index (χ1v) is 9.41. The number of hydrogen-bond acceptors (Lipinski definition) is 3. The molecule has 1 atom stereocenters. The second kappa shape index (κ2) is 7.66. The molecule has 132 valence electrons. The first-order valence-electron chi connectivity index (χ1n) is 9.41. The molecular formula is C20H31N3O. The van der Waals surface area contributed by atoms with Crippen LogP contribution in [0.25, 0.3) is 0 Å². The fourth-order valence-electron chi connectivity index (χ4n) is 4.57. The molecule has 0 radical (unpaired) electrons. The van der Waals surface area contributed by atoms with Gasteiger partial charge < -0.3 is 15.5 Å². The lowest BCUT2D eigenvalue weighted by Gasteiger charge is -2.50. The normalized spacial score (nSPS) is 24.2. The number of nitrogens with two attached hydrogens (primary N) is 1. The van der Waals surface area contributed by atoms with Gasteiger partial charge in [-0.1, -0.05) is 37.3 Å². The maximum atomic E-state index is 12.1. The number of carbonyl (C=O) groups excluding carboxylic acids is 1. The van der Waals surface area contributed by atoms with Crippen LogP contribution < -0.4 is 5.73 Å². The Kier molecular flexibility index (Phi) is 5.57. The fraction of sp³-hybridized carbons (Fsp3) is 0.650. The summed E-state index contributed by atoms with van der Waals surface area (Å²) in [6.07, 6.45) is 4.00. The third-order valence-electron chi connectivity index (χ3n) is 5.97. The van der Waals surface area contributed by atoms with Gasteiger partial charge >= 0.3 is 0 Å². The highest BCUT2D eigenvalue weighted by Gasteiger charge is 2.42. The monoisotopic (exact) mass is 329 g/mol. The molecule has 1 spiro atoms. The summed E-state index contributed by atoms with van der Waals surface area (Å²) in [5.74, 6) is 0.848. The molecule has 2 aliphatic rings. The van der Waals surface area contributed by atoms with Crippen molar-refractivity contribution in [2.75, 3.05) is 39.3 Å². The van der Waals surface area contributed by atoms with Crippen LogP contribution in [0.1, 0.15) is 44.1 Å². The van der Waals surface area contributed by atoms with Crippen LogP contribution in [0.15, 0.2) is 30.3 Å². The number of hydrogen-bond donors (Lipinski definition) is 1. The lowest BCUT2D eigenvalue weighted by atomic mass is 9.68. The maximum Gasteiger partial charge on any atom is 0.223 e. The molecule has 2 aliphatic heterocycles. The van der Waals surface area contributed by atoms with Crippen LogP contribution in [0.4, 0.5) is 0 Å². The Labute approximate surface area is 146 Å². The Hall–Kier alpha value is -1.39. The smallest absolute Gasteiger partial charge is 0.223 e. The molecule has 1 unspecified atom stereocenters. The summed E-state index contributed by atoms with van der Waals surface area (Å²) in [5.41, 5.74) is 7.38. The largest absolute Gasteiger partial charge is 0.343 e. The number of amides is 1. The Balaban J connectivity index is 1.69. The van der Waals surface area contributed by atoms with Crippen molar-refractivity contribution < 1.29 is 4.79 Å². The van der Waals surface area contributed by atoms with Gasteiger partial charge in [-0.3, -0.25) is 4.79 Å². The number of likely N-dealkylation sites (N-methyl/N-ethyl adjacent to an activating group) is 1. The van der Waals surface area contributed by atoms with Crippen LogP contribution in [-0.2, 0) is 4.79 Å². The lowest BCUT2D eigenvalue weighted by Crippen LogP contribution is -2.52. The van der Waals surface area contributed by atoms with E-state index in [-0.39, 0.29) is 5.91 Å². The van der Waals surface area contributed by atoms with Gasteiger partial charge in [-0.25, -0.2) is 0 Å². The highest BCUT2D eigenvalue weighted by atomic mass is 16.2. The minimum atomic E-state index is 0.232. The van der Waals surface area contributed by atoms with E-state index < -0.39 is 0 Å². The number of likely N-dealkylation sites (tertiary alicyclic amines) is 2. The van der Waals surface area contributed by atoms with Crippen molar-refractivity contribution in [3.63, 3.8) is 0 Å². The van der Waals surface area contributed by atoms with Crippen molar-refractivity contribution in [1.29, 1.82) is 0 Å². The minimum Gasteiger partial charge on any atom is -0.343 e. The molecule has 4 nitrogen and oxygen atoms in total. The molecule has 2 N–H and O–H groups in total. The number of rotatable bonds is 4. The van der Waals surface area contributed by atoms with Gasteiger partial charge in [-0.05, 0) is 42.7 Å². The maximum absolute atomic E-state index is 12.1. The third kappa shape index (κ3) is 3.81. The molecule has 4 heteroatoms. The number of nitrogens with zero attached hydrogens (tertiary/aromatic N) is 2. The third-order valence-corrected chi connectivity index (χ3v) is 5.97. The highest BCUT2D eigenvalue weighted by Crippen LogP contribution is 2.45. The van der Waals surface area contributed by atoms with Crippen LogP contribution in [0.2, 0.25) is 0 Å². The van der Waals surface area contributed by atoms with E-state index in [0.29, 0.717) is 24.3 Å². The van der Waals surface area contributed by atoms with Gasteiger partial charge in [0, 0.05) is 39.1 Å². The Morgan fingerprint density at radius 3 is 2.58 bits per heavy atom. The molecule has 1 aromatic carbocycles. The van der Waals surface area contributed by atoms with Crippen molar-refractivity contribution in [1.82, 2.24) is 9.80 Å². The van der Waals surface area contributed by atoms with E-state index in [1.54, 1.807) is 0 Å². The SMILES string of the molecule is CCN1CC(c2ccccc2)CC2(CCN(C(=O)CCN)CC2)C1. The standard InChI is InChI=1S/C20H31N3O/c1-2-22-15-18(17-6-4-3-5-7-17)14-20(16-22)9-12-23(13-10-20)19(24)8-11-21/h3-7,18H,2,8-16,21H2,1H3. The van der Waals surface area contributed by atoms with Gasteiger partial charge in [0.05, 0.1) is 0 Å². The first kappa shape index (κ1) is 17.4.